The predicted octanol–water partition coefficient (Wildman–Crippen LogP) is -0.605. The van der Waals surface area contributed by atoms with Crippen LogP contribution >= 0.6 is 0 Å². The van der Waals surface area contributed by atoms with Crippen molar-refractivity contribution < 1.29 is 28.8 Å². The molecule has 0 saturated carbocycles. The van der Waals surface area contributed by atoms with Crippen molar-refractivity contribution >= 4 is 0 Å². The van der Waals surface area contributed by atoms with Crippen LogP contribution < -0.4 is 0 Å². The van der Waals surface area contributed by atoms with Crippen LogP contribution in [0.5, 0.6) is 0 Å². The molecule has 5 atom stereocenters. The highest BCUT2D eigenvalue weighted by Crippen LogP contribution is 2.25. The molecule has 0 radical (unpaired) electrons. The number of aliphatic hydroxyl groups is 1. The van der Waals surface area contributed by atoms with Crippen molar-refractivity contribution in [2.45, 2.75) is 30.7 Å². The third-order valence-electron chi connectivity index (χ3n) is 2.76. The molecule has 1 N–H and O–H groups in total. The van der Waals surface area contributed by atoms with Gasteiger partial charge in [0.15, 0.2) is 6.29 Å². The normalized spacial score (nSPS) is 39.9. The molecule has 16 heavy (non-hydrogen) atoms. The van der Waals surface area contributed by atoms with Crippen LogP contribution in [-0.2, 0) is 23.7 Å². The van der Waals surface area contributed by atoms with Crippen LogP contribution in [0.3, 0.4) is 0 Å². The molecule has 1 rings (SSSR count). The Morgan fingerprint density at radius 3 is 1.94 bits per heavy atom. The Labute approximate surface area is 95.4 Å². The molecule has 0 unspecified atom stereocenters. The molecule has 0 amide bonds. The first-order valence-electron chi connectivity index (χ1n) is 5.10. The maximum Gasteiger partial charge on any atom is 0.184 e. The van der Waals surface area contributed by atoms with Crippen molar-refractivity contribution in [1.29, 1.82) is 0 Å². The van der Waals surface area contributed by atoms with Crippen molar-refractivity contribution in [3.05, 3.63) is 0 Å². The van der Waals surface area contributed by atoms with Gasteiger partial charge in [-0.2, -0.15) is 0 Å². The Kier molecular flexibility index (Phi) is 5.60. The lowest BCUT2D eigenvalue weighted by atomic mass is 9.98. The second-order valence-electron chi connectivity index (χ2n) is 3.62. The van der Waals surface area contributed by atoms with Crippen LogP contribution in [0.25, 0.3) is 0 Å². The fourth-order valence-electron chi connectivity index (χ4n) is 2.00. The molecule has 0 aromatic rings. The van der Waals surface area contributed by atoms with E-state index in [1.807, 2.05) is 0 Å². The molecule has 1 fully saturated rings. The number of rotatable bonds is 5. The highest BCUT2D eigenvalue weighted by atomic mass is 16.7. The standard InChI is InChI=1S/C10H20O6/c1-12-5-6-7(13-2)8(14-3)9(15-4)10(11)16-6/h6-11H,5H2,1-4H3/t6-,7-,8+,9-,10+/m1/s1. The summed E-state index contributed by atoms with van der Waals surface area (Å²) in [5.41, 5.74) is 0. The molecule has 96 valence electrons. The molecule has 1 aliphatic rings. The van der Waals surface area contributed by atoms with Gasteiger partial charge in [0, 0.05) is 28.4 Å². The van der Waals surface area contributed by atoms with Crippen molar-refractivity contribution in [2.24, 2.45) is 0 Å². The van der Waals surface area contributed by atoms with Crippen molar-refractivity contribution in [3.63, 3.8) is 0 Å². The van der Waals surface area contributed by atoms with Gasteiger partial charge in [-0.05, 0) is 0 Å². The maximum absolute atomic E-state index is 9.74. The molecule has 6 nitrogen and oxygen atoms in total. The van der Waals surface area contributed by atoms with E-state index in [0.29, 0.717) is 6.61 Å². The van der Waals surface area contributed by atoms with Gasteiger partial charge in [-0.25, -0.2) is 0 Å². The summed E-state index contributed by atoms with van der Waals surface area (Å²) >= 11 is 0. The minimum atomic E-state index is -1.04. The number of hydrogen-bond acceptors (Lipinski definition) is 6. The molecule has 1 saturated heterocycles. The predicted molar refractivity (Wildman–Crippen MR) is 55.1 cm³/mol. The summed E-state index contributed by atoms with van der Waals surface area (Å²) in [6.45, 7) is 0.325. The highest BCUT2D eigenvalue weighted by molar-refractivity contribution is 4.91. The van der Waals surface area contributed by atoms with Gasteiger partial charge in [0.2, 0.25) is 0 Å². The van der Waals surface area contributed by atoms with E-state index in [4.69, 9.17) is 23.7 Å². The molecule has 6 heteroatoms. The molecule has 1 heterocycles. The van der Waals surface area contributed by atoms with E-state index in [1.165, 1.54) is 7.11 Å². The lowest BCUT2D eigenvalue weighted by molar-refractivity contribution is -0.300. The van der Waals surface area contributed by atoms with Crippen LogP contribution in [-0.4, -0.2) is 70.9 Å². The second-order valence-corrected chi connectivity index (χ2v) is 3.62. The Hall–Kier alpha value is -0.240. The van der Waals surface area contributed by atoms with Gasteiger partial charge in [0.05, 0.1) is 6.61 Å². The number of methoxy groups -OCH3 is 4. The van der Waals surface area contributed by atoms with E-state index in [9.17, 15) is 5.11 Å². The largest absolute Gasteiger partial charge is 0.382 e. The van der Waals surface area contributed by atoms with Crippen LogP contribution in [0.2, 0.25) is 0 Å². The smallest absolute Gasteiger partial charge is 0.184 e. The zero-order valence-corrected chi connectivity index (χ0v) is 10.1. The second kappa shape index (κ2) is 6.48. The fraction of sp³-hybridized carbons (Fsp3) is 1.00. The SMILES string of the molecule is COC[C@H]1O[C@H](O)[C@H](OC)[C@@H](OC)[C@@H]1OC. The first-order chi connectivity index (χ1) is 7.69. The summed E-state index contributed by atoms with van der Waals surface area (Å²) in [5, 5.41) is 9.74. The molecular formula is C10H20O6. The Morgan fingerprint density at radius 2 is 1.50 bits per heavy atom. The maximum atomic E-state index is 9.74. The Balaban J connectivity index is 2.78. The number of hydrogen-bond donors (Lipinski definition) is 1. The topological polar surface area (TPSA) is 66.4 Å². The average Bonchev–Trinajstić information content (AvgIpc) is 2.28. The molecule has 0 bridgehead atoms. The van der Waals surface area contributed by atoms with Crippen LogP contribution in [0, 0.1) is 0 Å². The fourth-order valence-corrected chi connectivity index (χ4v) is 2.00. The Morgan fingerprint density at radius 1 is 0.938 bits per heavy atom. The van der Waals surface area contributed by atoms with Crippen LogP contribution in [0.4, 0.5) is 0 Å². The third kappa shape index (κ3) is 2.71. The summed E-state index contributed by atoms with van der Waals surface area (Å²) < 4.78 is 26.1. The van der Waals surface area contributed by atoms with E-state index >= 15 is 0 Å². The summed E-state index contributed by atoms with van der Waals surface area (Å²) in [4.78, 5) is 0. The van der Waals surface area contributed by atoms with Gasteiger partial charge in [0.1, 0.15) is 24.4 Å². The van der Waals surface area contributed by atoms with E-state index in [2.05, 4.69) is 0 Å². The average molecular weight is 236 g/mol. The van der Waals surface area contributed by atoms with Gasteiger partial charge in [-0.3, -0.25) is 0 Å². The zero-order chi connectivity index (χ0) is 12.1. The van der Waals surface area contributed by atoms with Gasteiger partial charge in [-0.1, -0.05) is 0 Å². The van der Waals surface area contributed by atoms with E-state index in [1.54, 1.807) is 21.3 Å². The van der Waals surface area contributed by atoms with Gasteiger partial charge in [0.25, 0.3) is 0 Å². The van der Waals surface area contributed by atoms with Crippen molar-refractivity contribution in [3.8, 4) is 0 Å². The van der Waals surface area contributed by atoms with Gasteiger partial charge in [-0.15, -0.1) is 0 Å². The van der Waals surface area contributed by atoms with E-state index in [-0.39, 0.29) is 18.3 Å². The van der Waals surface area contributed by atoms with Gasteiger partial charge >= 0.3 is 0 Å². The quantitative estimate of drug-likeness (QED) is 0.687. The molecule has 0 spiro atoms. The molecule has 0 aliphatic carbocycles. The molecular weight excluding hydrogens is 216 g/mol. The lowest BCUT2D eigenvalue weighted by Crippen LogP contribution is -2.60. The summed E-state index contributed by atoms with van der Waals surface area (Å²) in [7, 11) is 6.16. The third-order valence-corrected chi connectivity index (χ3v) is 2.76. The lowest BCUT2D eigenvalue weighted by Gasteiger charge is -2.42. The van der Waals surface area contributed by atoms with E-state index < -0.39 is 12.4 Å². The number of aliphatic hydroxyl groups excluding tert-OH is 1. The molecule has 0 aromatic carbocycles. The summed E-state index contributed by atoms with van der Waals surface area (Å²) in [6.07, 6.45) is -2.71. The van der Waals surface area contributed by atoms with Crippen molar-refractivity contribution in [2.75, 3.05) is 35.0 Å². The highest BCUT2D eigenvalue weighted by Gasteiger charge is 2.46. The van der Waals surface area contributed by atoms with Crippen molar-refractivity contribution in [1.82, 2.24) is 0 Å². The van der Waals surface area contributed by atoms with Crippen LogP contribution in [0.1, 0.15) is 0 Å². The van der Waals surface area contributed by atoms with Gasteiger partial charge < -0.3 is 28.8 Å². The minimum absolute atomic E-state index is 0.325. The molecule has 0 aromatic heterocycles. The number of ether oxygens (including phenoxy) is 5. The zero-order valence-electron chi connectivity index (χ0n) is 10.1. The first kappa shape index (κ1) is 13.8. The minimum Gasteiger partial charge on any atom is -0.382 e. The van der Waals surface area contributed by atoms with Crippen LogP contribution in [0.15, 0.2) is 0 Å². The summed E-state index contributed by atoms with van der Waals surface area (Å²) in [5.74, 6) is 0. The monoisotopic (exact) mass is 236 g/mol. The molecule has 1 aliphatic heterocycles. The first-order valence-corrected chi connectivity index (χ1v) is 5.10. The Bertz CT molecular complexity index is 200. The summed E-state index contributed by atoms with van der Waals surface area (Å²) in [6, 6.07) is 0. The van der Waals surface area contributed by atoms with E-state index in [0.717, 1.165) is 0 Å².